The highest BCUT2D eigenvalue weighted by molar-refractivity contribution is 5.41. The molecule has 4 rings (SSSR count). The Morgan fingerprint density at radius 3 is 1.97 bits per heavy atom. The molecule has 1 aliphatic heterocycles. The van der Waals surface area contributed by atoms with E-state index in [-0.39, 0.29) is 11.5 Å². The molecule has 2 N–H and O–H groups in total. The maximum Gasteiger partial charge on any atom is 0.130 e. The van der Waals surface area contributed by atoms with Gasteiger partial charge in [-0.3, -0.25) is 4.90 Å². The van der Waals surface area contributed by atoms with Crippen molar-refractivity contribution in [1.82, 2.24) is 4.90 Å². The van der Waals surface area contributed by atoms with Crippen LogP contribution in [0.2, 0.25) is 0 Å². The van der Waals surface area contributed by atoms with Gasteiger partial charge in [0.2, 0.25) is 0 Å². The Morgan fingerprint density at radius 1 is 0.839 bits per heavy atom. The van der Waals surface area contributed by atoms with E-state index in [1.54, 1.807) is 0 Å². The summed E-state index contributed by atoms with van der Waals surface area (Å²) in [4.78, 5) is 2.33. The minimum absolute atomic E-state index is 0.0156. The maximum atomic E-state index is 12.3. The molecule has 0 radical (unpaired) electrons. The summed E-state index contributed by atoms with van der Waals surface area (Å²) in [5.74, 6) is 0.321. The lowest BCUT2D eigenvalue weighted by Gasteiger charge is -2.40. The molecule has 3 heteroatoms. The highest BCUT2D eigenvalue weighted by Gasteiger charge is 2.45. The first-order valence-electron chi connectivity index (χ1n) is 11.2. The van der Waals surface area contributed by atoms with Crippen LogP contribution in [0.5, 0.6) is 5.75 Å². The molecule has 3 aromatic carbocycles. The fourth-order valence-electron chi connectivity index (χ4n) is 4.82. The Kier molecular flexibility index (Phi) is 5.92. The van der Waals surface area contributed by atoms with Gasteiger partial charge in [-0.15, -0.1) is 0 Å². The van der Waals surface area contributed by atoms with E-state index < -0.39 is 5.60 Å². The number of hydrogen-bond donors (Lipinski definition) is 2. The molecule has 1 heterocycles. The zero-order valence-corrected chi connectivity index (χ0v) is 18.8. The number of aromatic hydroxyl groups is 1. The average Bonchev–Trinajstić information content (AvgIpc) is 3.24. The van der Waals surface area contributed by atoms with Crippen molar-refractivity contribution in [1.29, 1.82) is 0 Å². The largest absolute Gasteiger partial charge is 0.508 e. The van der Waals surface area contributed by atoms with Gasteiger partial charge >= 0.3 is 0 Å². The minimum atomic E-state index is -1.11. The molecular formula is C28H33NO2. The third-order valence-corrected chi connectivity index (χ3v) is 6.59. The number of aliphatic hydroxyl groups is 1. The van der Waals surface area contributed by atoms with Crippen molar-refractivity contribution in [3.8, 4) is 5.75 Å². The summed E-state index contributed by atoms with van der Waals surface area (Å²) in [6, 6.07) is 25.8. The summed E-state index contributed by atoms with van der Waals surface area (Å²) >= 11 is 0. The maximum absolute atomic E-state index is 12.3. The van der Waals surface area contributed by atoms with Gasteiger partial charge in [0.15, 0.2) is 0 Å². The third-order valence-electron chi connectivity index (χ3n) is 6.59. The second kappa shape index (κ2) is 8.49. The highest BCUT2D eigenvalue weighted by Crippen LogP contribution is 2.41. The number of likely N-dealkylation sites (tertiary alicyclic amines) is 1. The second-order valence-corrected chi connectivity index (χ2v) is 9.72. The van der Waals surface area contributed by atoms with Crippen molar-refractivity contribution in [2.75, 3.05) is 6.54 Å². The lowest BCUT2D eigenvalue weighted by atomic mass is 9.79. The Bertz CT molecular complexity index is 969. The van der Waals surface area contributed by atoms with Gasteiger partial charge in [0, 0.05) is 18.2 Å². The summed E-state index contributed by atoms with van der Waals surface area (Å²) in [7, 11) is 0. The van der Waals surface area contributed by atoms with Gasteiger partial charge in [0.05, 0.1) is 0 Å². The molecule has 162 valence electrons. The van der Waals surface area contributed by atoms with Crippen molar-refractivity contribution in [3.05, 3.63) is 101 Å². The molecule has 1 atom stereocenters. The fourth-order valence-corrected chi connectivity index (χ4v) is 4.82. The molecule has 31 heavy (non-hydrogen) atoms. The lowest BCUT2D eigenvalue weighted by Crippen LogP contribution is -2.48. The number of phenols is 1. The van der Waals surface area contributed by atoms with Gasteiger partial charge in [-0.2, -0.15) is 0 Å². The SMILES string of the molecule is CC(C)(C)c1ccc(O)c(CN2CCC[C@H]2C(O)(c2ccccc2)c2ccccc2)c1. The minimum Gasteiger partial charge on any atom is -0.508 e. The first-order chi connectivity index (χ1) is 14.8. The van der Waals surface area contributed by atoms with Gasteiger partial charge in [-0.1, -0.05) is 93.6 Å². The summed E-state index contributed by atoms with van der Waals surface area (Å²) in [5.41, 5.74) is 2.84. The third kappa shape index (κ3) is 4.26. The van der Waals surface area contributed by atoms with E-state index >= 15 is 0 Å². The molecule has 0 saturated carbocycles. The normalized spacial score (nSPS) is 17.7. The second-order valence-electron chi connectivity index (χ2n) is 9.72. The number of hydrogen-bond acceptors (Lipinski definition) is 3. The van der Waals surface area contributed by atoms with Crippen LogP contribution in [0.4, 0.5) is 0 Å². The van der Waals surface area contributed by atoms with E-state index in [0.29, 0.717) is 12.3 Å². The molecule has 0 bridgehead atoms. The van der Waals surface area contributed by atoms with Crippen LogP contribution < -0.4 is 0 Å². The molecule has 1 aliphatic rings. The Morgan fingerprint density at radius 2 is 1.42 bits per heavy atom. The Hall–Kier alpha value is -2.62. The average molecular weight is 416 g/mol. The highest BCUT2D eigenvalue weighted by atomic mass is 16.3. The molecule has 0 spiro atoms. The van der Waals surface area contributed by atoms with Crippen LogP contribution in [0.3, 0.4) is 0 Å². The van der Waals surface area contributed by atoms with Gasteiger partial charge in [0.25, 0.3) is 0 Å². The monoisotopic (exact) mass is 415 g/mol. The molecule has 0 aromatic heterocycles. The molecule has 3 aromatic rings. The van der Waals surface area contributed by atoms with E-state index in [9.17, 15) is 10.2 Å². The van der Waals surface area contributed by atoms with Crippen LogP contribution in [-0.4, -0.2) is 27.7 Å². The van der Waals surface area contributed by atoms with Crippen LogP contribution in [0.15, 0.2) is 78.9 Å². The number of nitrogens with zero attached hydrogens (tertiary/aromatic N) is 1. The molecule has 1 saturated heterocycles. The zero-order valence-electron chi connectivity index (χ0n) is 18.8. The summed E-state index contributed by atoms with van der Waals surface area (Å²) in [6.45, 7) is 8.07. The van der Waals surface area contributed by atoms with Crippen LogP contribution in [0.1, 0.15) is 55.9 Å². The number of phenolic OH excluding ortho intramolecular Hbond substituents is 1. The van der Waals surface area contributed by atoms with Gasteiger partial charge in [0.1, 0.15) is 11.4 Å². The van der Waals surface area contributed by atoms with Gasteiger partial charge < -0.3 is 10.2 Å². The number of benzene rings is 3. The Balaban J connectivity index is 1.73. The standard InChI is InChI=1S/C28H33NO2/c1-27(2,3)24-16-17-25(30)21(19-24)20-29-18-10-15-26(29)28(31,22-11-6-4-7-12-22)23-13-8-5-9-14-23/h4-9,11-14,16-17,19,26,30-31H,10,15,18,20H2,1-3H3/t26-/m0/s1. The van der Waals surface area contributed by atoms with Gasteiger partial charge in [-0.05, 0) is 47.6 Å². The summed E-state index contributed by atoms with van der Waals surface area (Å²) in [6.07, 6.45) is 1.92. The van der Waals surface area contributed by atoms with E-state index in [1.165, 1.54) is 5.56 Å². The van der Waals surface area contributed by atoms with E-state index in [0.717, 1.165) is 36.1 Å². The predicted octanol–water partition coefficient (Wildman–Crippen LogP) is 5.59. The summed E-state index contributed by atoms with van der Waals surface area (Å²) < 4.78 is 0. The molecule has 0 unspecified atom stereocenters. The summed E-state index contributed by atoms with van der Waals surface area (Å²) in [5, 5.41) is 22.8. The van der Waals surface area contributed by atoms with Crippen molar-refractivity contribution in [2.45, 2.75) is 57.2 Å². The van der Waals surface area contributed by atoms with Gasteiger partial charge in [-0.25, -0.2) is 0 Å². The van der Waals surface area contributed by atoms with E-state index in [2.05, 4.69) is 31.7 Å². The van der Waals surface area contributed by atoms with Crippen LogP contribution in [0.25, 0.3) is 0 Å². The fraction of sp³-hybridized carbons (Fsp3) is 0.357. The van der Waals surface area contributed by atoms with Crippen molar-refractivity contribution >= 4 is 0 Å². The topological polar surface area (TPSA) is 43.7 Å². The Labute approximate surface area is 186 Å². The molecule has 0 aliphatic carbocycles. The molecular weight excluding hydrogens is 382 g/mol. The van der Waals surface area contributed by atoms with Crippen LogP contribution in [0, 0.1) is 0 Å². The number of rotatable bonds is 5. The van der Waals surface area contributed by atoms with Crippen LogP contribution >= 0.6 is 0 Å². The quantitative estimate of drug-likeness (QED) is 0.571. The predicted molar refractivity (Wildman–Crippen MR) is 126 cm³/mol. The molecule has 1 fully saturated rings. The lowest BCUT2D eigenvalue weighted by molar-refractivity contribution is -0.00673. The molecule has 3 nitrogen and oxygen atoms in total. The molecule has 0 amide bonds. The van der Waals surface area contributed by atoms with Crippen molar-refractivity contribution in [2.24, 2.45) is 0 Å². The zero-order chi connectivity index (χ0) is 22.1. The first kappa shape index (κ1) is 21.6. The van der Waals surface area contributed by atoms with Crippen molar-refractivity contribution in [3.63, 3.8) is 0 Å². The van der Waals surface area contributed by atoms with E-state index in [4.69, 9.17) is 0 Å². The van der Waals surface area contributed by atoms with E-state index in [1.807, 2.05) is 72.8 Å². The first-order valence-corrected chi connectivity index (χ1v) is 11.2. The van der Waals surface area contributed by atoms with Crippen molar-refractivity contribution < 1.29 is 10.2 Å². The smallest absolute Gasteiger partial charge is 0.130 e. The van der Waals surface area contributed by atoms with Crippen LogP contribution in [-0.2, 0) is 17.6 Å².